The van der Waals surface area contributed by atoms with Crippen molar-refractivity contribution in [1.29, 1.82) is 0 Å². The van der Waals surface area contributed by atoms with E-state index >= 15 is 0 Å². The molecule has 1 aromatic carbocycles. The van der Waals surface area contributed by atoms with Crippen molar-refractivity contribution in [3.63, 3.8) is 0 Å². The molecule has 0 saturated carbocycles. The van der Waals surface area contributed by atoms with Gasteiger partial charge in [-0.2, -0.15) is 5.10 Å². The summed E-state index contributed by atoms with van der Waals surface area (Å²) in [6.07, 6.45) is 0. The number of hydrogen-bond acceptors (Lipinski definition) is 2. The fourth-order valence-corrected chi connectivity index (χ4v) is 0.797. The Balaban J connectivity index is 2.59. The van der Waals surface area contributed by atoms with Crippen molar-refractivity contribution >= 4 is 41.1 Å². The third kappa shape index (κ3) is 3.53. The normalized spacial score (nSPS) is 8.91. The summed E-state index contributed by atoms with van der Waals surface area (Å²) in [5, 5.41) is 3.89. The molecule has 0 bridgehead atoms. The van der Waals surface area contributed by atoms with Gasteiger partial charge < -0.3 is 0 Å². The molecule has 0 spiro atoms. The first kappa shape index (κ1) is 8.74. The molecule has 2 nitrogen and oxygen atoms in total. The lowest BCUT2D eigenvalue weighted by Crippen LogP contribution is -1.87. The molecule has 1 aromatic rings. The Morgan fingerprint density at radius 2 is 1.82 bits per heavy atom. The van der Waals surface area contributed by atoms with Gasteiger partial charge in [-0.3, -0.25) is 5.43 Å². The van der Waals surface area contributed by atoms with Gasteiger partial charge in [-0.05, 0) is 44.0 Å². The van der Waals surface area contributed by atoms with Crippen LogP contribution in [-0.4, -0.2) is 3.53 Å². The number of benzene rings is 1. The second-order valence-electron chi connectivity index (χ2n) is 1.83. The molecular weight excluding hydrogens is 272 g/mol. The van der Waals surface area contributed by atoms with E-state index in [9.17, 15) is 0 Å². The molecule has 0 radical (unpaired) electrons. The molecule has 4 heteroatoms. The second kappa shape index (κ2) is 4.51. The average Bonchev–Trinajstić information content (AvgIpc) is 2.03. The van der Waals surface area contributed by atoms with Crippen LogP contribution in [-0.2, 0) is 0 Å². The number of hydrazone groups is 1. The predicted molar refractivity (Wildman–Crippen MR) is 55.4 cm³/mol. The van der Waals surface area contributed by atoms with Gasteiger partial charge in [0.15, 0.2) is 3.53 Å². The predicted octanol–water partition coefficient (Wildman–Crippen LogP) is 3.16. The van der Waals surface area contributed by atoms with E-state index in [0.717, 1.165) is 5.69 Å². The van der Waals surface area contributed by atoms with Crippen LogP contribution in [0.2, 0.25) is 0 Å². The number of anilines is 1. The minimum atomic E-state index is 0.647. The lowest BCUT2D eigenvalue weighted by Gasteiger charge is -1.96. The lowest BCUT2D eigenvalue weighted by atomic mass is 10.3. The van der Waals surface area contributed by atoms with Gasteiger partial charge in [0, 0.05) is 0 Å². The Bertz CT molecular complexity index is 242. The van der Waals surface area contributed by atoms with Crippen LogP contribution in [0.4, 0.5) is 5.69 Å². The number of rotatable bonds is 2. The van der Waals surface area contributed by atoms with Crippen molar-refractivity contribution in [2.45, 2.75) is 0 Å². The van der Waals surface area contributed by atoms with Crippen LogP contribution in [0.5, 0.6) is 0 Å². The summed E-state index contributed by atoms with van der Waals surface area (Å²) >= 11 is 6.27. The molecule has 58 valence electrons. The van der Waals surface area contributed by atoms with Crippen molar-refractivity contribution in [3.8, 4) is 0 Å². The van der Waals surface area contributed by atoms with Gasteiger partial charge in [0.25, 0.3) is 0 Å². The zero-order chi connectivity index (χ0) is 8.10. The highest BCUT2D eigenvalue weighted by molar-refractivity contribution is 9.39. The first-order valence-electron chi connectivity index (χ1n) is 2.99. The van der Waals surface area contributed by atoms with Crippen LogP contribution < -0.4 is 5.43 Å². The Hall–Kier alpha value is -0.350. The van der Waals surface area contributed by atoms with E-state index in [2.05, 4.69) is 42.4 Å². The van der Waals surface area contributed by atoms with E-state index in [1.165, 1.54) is 0 Å². The van der Waals surface area contributed by atoms with E-state index in [0.29, 0.717) is 3.53 Å². The molecule has 0 aliphatic heterocycles. The minimum Gasteiger partial charge on any atom is -0.277 e. The molecule has 11 heavy (non-hydrogen) atoms. The van der Waals surface area contributed by atoms with E-state index in [1.807, 2.05) is 30.3 Å². The lowest BCUT2D eigenvalue weighted by molar-refractivity contribution is 1.36. The monoisotopic (exact) mass is 276 g/mol. The third-order valence-electron chi connectivity index (χ3n) is 1.04. The number of hydrogen-bond donors (Lipinski definition) is 1. The van der Waals surface area contributed by atoms with Gasteiger partial charge in [0.1, 0.15) is 0 Å². The first-order valence-corrected chi connectivity index (χ1v) is 4.57. The number of para-hydroxylation sites is 1. The smallest absolute Gasteiger partial charge is 0.168 e. The Labute approximate surface area is 81.9 Å². The Morgan fingerprint density at radius 3 is 2.36 bits per heavy atom. The van der Waals surface area contributed by atoms with Crippen LogP contribution in [0.25, 0.3) is 0 Å². The van der Waals surface area contributed by atoms with Crippen molar-refractivity contribution in [1.82, 2.24) is 0 Å². The van der Waals surface area contributed by atoms with Crippen LogP contribution in [0.3, 0.4) is 0 Å². The molecule has 0 fully saturated rings. The molecule has 0 unspecified atom stereocenters. The fraction of sp³-hybridized carbons (Fsp3) is 0. The van der Waals surface area contributed by atoms with E-state index in [1.54, 1.807) is 0 Å². The fourth-order valence-electron chi connectivity index (χ4n) is 0.619. The third-order valence-corrected chi connectivity index (χ3v) is 1.40. The van der Waals surface area contributed by atoms with Gasteiger partial charge in [-0.25, -0.2) is 0 Å². The molecule has 0 saturated heterocycles. The van der Waals surface area contributed by atoms with Crippen molar-refractivity contribution in [3.05, 3.63) is 30.3 Å². The van der Waals surface area contributed by atoms with Gasteiger partial charge in [-0.15, -0.1) is 0 Å². The summed E-state index contributed by atoms with van der Waals surface area (Å²) in [5.74, 6) is 0. The summed E-state index contributed by atoms with van der Waals surface area (Å²) in [5.41, 5.74) is 3.80. The molecule has 0 aliphatic carbocycles. The molecule has 1 N–H and O–H groups in total. The Kier molecular flexibility index (Phi) is 3.59. The first-order chi connectivity index (χ1) is 5.29. The molecule has 1 rings (SSSR count). The van der Waals surface area contributed by atoms with Crippen LogP contribution >= 0.6 is 31.9 Å². The highest BCUT2D eigenvalue weighted by Gasteiger charge is 1.85. The largest absolute Gasteiger partial charge is 0.277 e. The van der Waals surface area contributed by atoms with Gasteiger partial charge in [-0.1, -0.05) is 18.2 Å². The topological polar surface area (TPSA) is 24.4 Å². The van der Waals surface area contributed by atoms with Crippen molar-refractivity contribution in [2.24, 2.45) is 5.10 Å². The minimum absolute atomic E-state index is 0.647. The standard InChI is InChI=1S/C7H6Br2N2/c8-7(9)11-10-6-4-2-1-3-5-6/h1-5,10H. The molecule has 0 amide bonds. The van der Waals surface area contributed by atoms with Crippen molar-refractivity contribution in [2.75, 3.05) is 5.43 Å². The highest BCUT2D eigenvalue weighted by Crippen LogP contribution is 2.06. The zero-order valence-corrected chi connectivity index (χ0v) is 8.76. The summed E-state index contributed by atoms with van der Waals surface area (Å²) in [6, 6.07) is 9.72. The highest BCUT2D eigenvalue weighted by atomic mass is 79.9. The summed E-state index contributed by atoms with van der Waals surface area (Å²) in [6.45, 7) is 0. The Morgan fingerprint density at radius 1 is 1.18 bits per heavy atom. The zero-order valence-electron chi connectivity index (χ0n) is 5.59. The second-order valence-corrected chi connectivity index (χ2v) is 4.40. The number of nitrogens with one attached hydrogen (secondary N) is 1. The molecule has 0 aromatic heterocycles. The maximum Gasteiger partial charge on any atom is 0.168 e. The van der Waals surface area contributed by atoms with E-state index in [4.69, 9.17) is 0 Å². The maximum absolute atomic E-state index is 3.89. The molecule has 0 atom stereocenters. The van der Waals surface area contributed by atoms with Crippen LogP contribution in [0.1, 0.15) is 0 Å². The summed E-state index contributed by atoms with van der Waals surface area (Å²) in [7, 11) is 0. The average molecular weight is 278 g/mol. The van der Waals surface area contributed by atoms with Gasteiger partial charge in [0.2, 0.25) is 0 Å². The summed E-state index contributed by atoms with van der Waals surface area (Å²) in [4.78, 5) is 0. The molecular formula is C7H6Br2N2. The molecule has 0 aliphatic rings. The van der Waals surface area contributed by atoms with Gasteiger partial charge >= 0.3 is 0 Å². The SMILES string of the molecule is BrC(Br)=NNc1ccccc1. The van der Waals surface area contributed by atoms with E-state index < -0.39 is 0 Å². The van der Waals surface area contributed by atoms with Crippen LogP contribution in [0, 0.1) is 0 Å². The van der Waals surface area contributed by atoms with Gasteiger partial charge in [0.05, 0.1) is 5.69 Å². The number of halogens is 2. The van der Waals surface area contributed by atoms with Crippen LogP contribution in [0.15, 0.2) is 35.4 Å². The maximum atomic E-state index is 3.89. The quantitative estimate of drug-likeness (QED) is 0.652. The van der Waals surface area contributed by atoms with Crippen molar-refractivity contribution < 1.29 is 0 Å². The number of nitrogens with zero attached hydrogens (tertiary/aromatic N) is 1. The summed E-state index contributed by atoms with van der Waals surface area (Å²) < 4.78 is 0.647. The van der Waals surface area contributed by atoms with E-state index in [-0.39, 0.29) is 0 Å². The molecule has 0 heterocycles.